The lowest BCUT2D eigenvalue weighted by molar-refractivity contribution is -0.126. The molecule has 1 aliphatic heterocycles. The Balaban J connectivity index is 1.68. The number of aryl methyl sites for hydroxylation is 2. The second kappa shape index (κ2) is 7.96. The fourth-order valence-corrected chi connectivity index (χ4v) is 3.27. The molecule has 3 heterocycles. The largest absolute Gasteiger partial charge is 0.332 e. The number of amides is 1. The number of carbonyl (C=O) groups excluding carboxylic acids is 1. The summed E-state index contributed by atoms with van der Waals surface area (Å²) in [7, 11) is 0. The van der Waals surface area contributed by atoms with Gasteiger partial charge in [0, 0.05) is 30.7 Å². The van der Waals surface area contributed by atoms with Crippen LogP contribution in [0.25, 0.3) is 0 Å². The van der Waals surface area contributed by atoms with E-state index in [0.29, 0.717) is 11.9 Å². The van der Waals surface area contributed by atoms with Crippen LogP contribution < -0.4 is 5.32 Å². The van der Waals surface area contributed by atoms with Gasteiger partial charge in [0.1, 0.15) is 5.82 Å². The maximum Gasteiger partial charge on any atom is 0.298 e. The number of nitrogens with one attached hydrogen (secondary N) is 1. The van der Waals surface area contributed by atoms with Gasteiger partial charge in [-0.1, -0.05) is 5.92 Å². The van der Waals surface area contributed by atoms with Crippen LogP contribution in [0.3, 0.4) is 0 Å². The van der Waals surface area contributed by atoms with Crippen LogP contribution in [-0.4, -0.2) is 38.8 Å². The number of nitrogens with zero attached hydrogens (tertiary/aromatic N) is 4. The third kappa shape index (κ3) is 4.37. The quantitative estimate of drug-likeness (QED) is 0.863. The van der Waals surface area contributed by atoms with E-state index in [0.717, 1.165) is 43.1 Å². The fraction of sp³-hybridized carbons (Fsp3) is 0.400. The van der Waals surface area contributed by atoms with E-state index in [9.17, 15) is 4.79 Å². The smallest absolute Gasteiger partial charge is 0.298 e. The molecule has 1 amide bonds. The molecule has 0 aromatic carbocycles. The summed E-state index contributed by atoms with van der Waals surface area (Å²) in [4.78, 5) is 26.9. The van der Waals surface area contributed by atoms with Gasteiger partial charge in [0.15, 0.2) is 0 Å². The Morgan fingerprint density at radius 2 is 1.88 bits per heavy atom. The van der Waals surface area contributed by atoms with Crippen molar-refractivity contribution in [2.75, 3.05) is 18.4 Å². The minimum absolute atomic E-state index is 0.0741. The first-order valence-electron chi connectivity index (χ1n) is 8.82. The Morgan fingerprint density at radius 3 is 2.54 bits per heavy atom. The normalized spacial score (nSPS) is 14.5. The van der Waals surface area contributed by atoms with Gasteiger partial charge in [-0.2, -0.15) is 0 Å². The lowest BCUT2D eigenvalue weighted by Gasteiger charge is -2.31. The monoisotopic (exact) mass is 349 g/mol. The number of anilines is 2. The Labute approximate surface area is 154 Å². The summed E-state index contributed by atoms with van der Waals surface area (Å²) in [5.74, 6) is 6.93. The van der Waals surface area contributed by atoms with Crippen LogP contribution >= 0.6 is 0 Å². The molecule has 0 unspecified atom stereocenters. The van der Waals surface area contributed by atoms with Crippen molar-refractivity contribution in [2.24, 2.45) is 0 Å². The highest BCUT2D eigenvalue weighted by Crippen LogP contribution is 2.29. The minimum Gasteiger partial charge on any atom is -0.332 e. The predicted octanol–water partition coefficient (Wildman–Crippen LogP) is 2.96. The number of rotatable bonds is 3. The van der Waals surface area contributed by atoms with Crippen molar-refractivity contribution in [3.05, 3.63) is 41.3 Å². The Morgan fingerprint density at radius 1 is 1.19 bits per heavy atom. The predicted molar refractivity (Wildman–Crippen MR) is 101 cm³/mol. The summed E-state index contributed by atoms with van der Waals surface area (Å²) in [6.45, 7) is 7.06. The number of pyridine rings is 1. The maximum absolute atomic E-state index is 11.9. The first-order valence-corrected chi connectivity index (χ1v) is 8.82. The van der Waals surface area contributed by atoms with Crippen LogP contribution in [0.2, 0.25) is 0 Å². The van der Waals surface area contributed by atoms with E-state index in [-0.39, 0.29) is 5.91 Å². The summed E-state index contributed by atoms with van der Waals surface area (Å²) >= 11 is 0. The molecule has 6 nitrogen and oxygen atoms in total. The molecule has 1 aliphatic rings. The van der Waals surface area contributed by atoms with E-state index in [2.05, 4.69) is 38.2 Å². The van der Waals surface area contributed by atoms with E-state index in [1.165, 1.54) is 5.56 Å². The zero-order chi connectivity index (χ0) is 18.5. The van der Waals surface area contributed by atoms with Crippen molar-refractivity contribution in [1.29, 1.82) is 0 Å². The van der Waals surface area contributed by atoms with Gasteiger partial charge in [-0.05, 0) is 69.2 Å². The molecule has 2 aromatic heterocycles. The van der Waals surface area contributed by atoms with Crippen molar-refractivity contribution in [3.63, 3.8) is 0 Å². The Kier molecular flexibility index (Phi) is 5.47. The van der Waals surface area contributed by atoms with E-state index in [1.807, 2.05) is 30.9 Å². The topological polar surface area (TPSA) is 71.0 Å². The van der Waals surface area contributed by atoms with Gasteiger partial charge in [0.25, 0.3) is 5.91 Å². The molecular weight excluding hydrogens is 326 g/mol. The third-order valence-electron chi connectivity index (χ3n) is 4.49. The van der Waals surface area contributed by atoms with E-state index in [1.54, 1.807) is 13.1 Å². The molecule has 1 fully saturated rings. The van der Waals surface area contributed by atoms with E-state index in [4.69, 9.17) is 0 Å². The van der Waals surface area contributed by atoms with Crippen LogP contribution in [0, 0.1) is 25.7 Å². The van der Waals surface area contributed by atoms with Crippen molar-refractivity contribution < 1.29 is 4.79 Å². The highest BCUT2D eigenvalue weighted by Gasteiger charge is 2.23. The van der Waals surface area contributed by atoms with E-state index < -0.39 is 0 Å². The molecule has 6 heteroatoms. The van der Waals surface area contributed by atoms with Crippen LogP contribution in [0.5, 0.6) is 0 Å². The summed E-state index contributed by atoms with van der Waals surface area (Å²) in [5, 5.41) is 3.19. The lowest BCUT2D eigenvalue weighted by Crippen LogP contribution is -2.37. The molecule has 0 atom stereocenters. The van der Waals surface area contributed by atoms with E-state index >= 15 is 0 Å². The van der Waals surface area contributed by atoms with Crippen molar-refractivity contribution >= 4 is 17.7 Å². The number of carbonyl (C=O) groups is 1. The zero-order valence-electron chi connectivity index (χ0n) is 15.4. The summed E-state index contributed by atoms with van der Waals surface area (Å²) in [6, 6.07) is 6.03. The number of hydrogen-bond acceptors (Lipinski definition) is 5. The van der Waals surface area contributed by atoms with Crippen molar-refractivity contribution in [3.8, 4) is 11.8 Å². The fourth-order valence-electron chi connectivity index (χ4n) is 3.27. The molecular formula is C20H23N5O. The standard InChI is InChI=1S/C20H23N5O/c1-4-5-19(26)25-10-7-16(8-11-25)17-6-9-21-18(13-17)24-20-22-14(2)12-15(3)23-20/h6,9,12-13,16H,7-8,10-11H2,1-3H3,(H,21,22,23,24). The van der Waals surface area contributed by atoms with Crippen LogP contribution in [0.15, 0.2) is 24.4 Å². The first-order chi connectivity index (χ1) is 12.5. The molecule has 1 N–H and O–H groups in total. The highest BCUT2D eigenvalue weighted by molar-refractivity contribution is 5.93. The summed E-state index contributed by atoms with van der Waals surface area (Å²) in [6.07, 6.45) is 3.67. The molecule has 0 bridgehead atoms. The van der Waals surface area contributed by atoms with Gasteiger partial charge in [-0.25, -0.2) is 15.0 Å². The van der Waals surface area contributed by atoms with Gasteiger partial charge in [0.05, 0.1) is 0 Å². The highest BCUT2D eigenvalue weighted by atomic mass is 16.2. The molecule has 26 heavy (non-hydrogen) atoms. The van der Waals surface area contributed by atoms with Gasteiger partial charge >= 0.3 is 0 Å². The number of likely N-dealkylation sites (tertiary alicyclic amines) is 1. The third-order valence-corrected chi connectivity index (χ3v) is 4.49. The molecule has 3 rings (SSSR count). The SMILES string of the molecule is CC#CC(=O)N1CCC(c2ccnc(Nc3nc(C)cc(C)n3)c2)CC1. The first kappa shape index (κ1) is 17.9. The average Bonchev–Trinajstić information content (AvgIpc) is 2.61. The molecule has 0 aliphatic carbocycles. The molecule has 134 valence electrons. The Hall–Kier alpha value is -2.94. The van der Waals surface area contributed by atoms with Crippen LogP contribution in [0.1, 0.15) is 42.6 Å². The Bertz CT molecular complexity index is 840. The maximum atomic E-state index is 11.9. The van der Waals surface area contributed by atoms with Crippen LogP contribution in [-0.2, 0) is 4.79 Å². The van der Waals surface area contributed by atoms with Gasteiger partial charge in [0.2, 0.25) is 5.95 Å². The number of hydrogen-bond donors (Lipinski definition) is 1. The molecule has 0 spiro atoms. The minimum atomic E-state index is -0.0741. The second-order valence-corrected chi connectivity index (χ2v) is 6.52. The van der Waals surface area contributed by atoms with Crippen LogP contribution in [0.4, 0.5) is 11.8 Å². The zero-order valence-corrected chi connectivity index (χ0v) is 15.4. The molecule has 0 radical (unpaired) electrons. The van der Waals surface area contributed by atoms with Crippen molar-refractivity contribution in [1.82, 2.24) is 19.9 Å². The molecule has 2 aromatic rings. The number of piperidine rings is 1. The second-order valence-electron chi connectivity index (χ2n) is 6.52. The lowest BCUT2D eigenvalue weighted by atomic mass is 9.90. The summed E-state index contributed by atoms with van der Waals surface area (Å²) in [5.41, 5.74) is 3.06. The average molecular weight is 349 g/mol. The molecule has 1 saturated heterocycles. The summed E-state index contributed by atoms with van der Waals surface area (Å²) < 4.78 is 0. The number of aromatic nitrogens is 3. The van der Waals surface area contributed by atoms with Crippen molar-refractivity contribution in [2.45, 2.75) is 39.5 Å². The molecule has 0 saturated carbocycles. The van der Waals surface area contributed by atoms with Gasteiger partial charge in [-0.3, -0.25) is 4.79 Å². The van der Waals surface area contributed by atoms with Gasteiger partial charge < -0.3 is 10.2 Å². The van der Waals surface area contributed by atoms with Gasteiger partial charge in [-0.15, -0.1) is 0 Å².